The minimum absolute atomic E-state index is 0.0239. The van der Waals surface area contributed by atoms with Crippen LogP contribution in [0.5, 0.6) is 5.75 Å². The van der Waals surface area contributed by atoms with Gasteiger partial charge in [0.1, 0.15) is 11.9 Å². The number of fused-ring (bicyclic) bond motifs is 1. The molecule has 1 heterocycles. The number of hydrogen-bond acceptors (Lipinski definition) is 3. The summed E-state index contributed by atoms with van der Waals surface area (Å²) in [6.07, 6.45) is 1.72. The molecule has 3 aromatic carbocycles. The molecule has 29 heavy (non-hydrogen) atoms. The van der Waals surface area contributed by atoms with Crippen LogP contribution in [0.1, 0.15) is 34.5 Å². The summed E-state index contributed by atoms with van der Waals surface area (Å²) in [5.74, 6) is 0.701. The quantitative estimate of drug-likeness (QED) is 0.492. The Morgan fingerprint density at radius 2 is 1.76 bits per heavy atom. The summed E-state index contributed by atoms with van der Waals surface area (Å²) in [6, 6.07) is 27.3. The van der Waals surface area contributed by atoms with Crippen molar-refractivity contribution in [1.82, 2.24) is 10.3 Å². The molecule has 4 rings (SSSR count). The van der Waals surface area contributed by atoms with Gasteiger partial charge in [-0.05, 0) is 54.4 Å². The van der Waals surface area contributed by atoms with Gasteiger partial charge in [-0.1, -0.05) is 48.5 Å². The second kappa shape index (κ2) is 8.57. The molecule has 0 aliphatic carbocycles. The van der Waals surface area contributed by atoms with Crippen LogP contribution in [0.25, 0.3) is 10.9 Å². The van der Waals surface area contributed by atoms with Crippen molar-refractivity contribution in [2.75, 3.05) is 0 Å². The van der Waals surface area contributed by atoms with E-state index in [1.165, 1.54) is 0 Å². The van der Waals surface area contributed by atoms with Gasteiger partial charge in [-0.2, -0.15) is 0 Å². The molecule has 4 nitrogen and oxygen atoms in total. The fourth-order valence-corrected chi connectivity index (χ4v) is 3.18. The third kappa shape index (κ3) is 4.61. The maximum atomic E-state index is 12.5. The summed E-state index contributed by atoms with van der Waals surface area (Å²) in [5, 5.41) is 3.92. The Morgan fingerprint density at radius 3 is 2.55 bits per heavy atom. The topological polar surface area (TPSA) is 51.2 Å². The Labute approximate surface area is 170 Å². The lowest BCUT2D eigenvalue weighted by Crippen LogP contribution is -2.22. The van der Waals surface area contributed by atoms with Crippen molar-refractivity contribution in [3.8, 4) is 5.75 Å². The SMILES string of the molecule is C[C@@H](Oc1ccc(CNC(=O)c2ccc3ncccc3c2)cc1)c1ccccc1. The molecule has 4 heteroatoms. The van der Waals surface area contributed by atoms with Gasteiger partial charge in [0.05, 0.1) is 5.52 Å². The number of rotatable bonds is 6. The van der Waals surface area contributed by atoms with Crippen molar-refractivity contribution >= 4 is 16.8 Å². The second-order valence-corrected chi connectivity index (χ2v) is 6.91. The van der Waals surface area contributed by atoms with E-state index < -0.39 is 0 Å². The van der Waals surface area contributed by atoms with Gasteiger partial charge >= 0.3 is 0 Å². The van der Waals surface area contributed by atoms with E-state index >= 15 is 0 Å². The molecule has 0 fully saturated rings. The Kier molecular flexibility index (Phi) is 5.52. The first-order valence-electron chi connectivity index (χ1n) is 9.62. The van der Waals surface area contributed by atoms with Gasteiger partial charge in [0.25, 0.3) is 5.91 Å². The zero-order valence-electron chi connectivity index (χ0n) is 16.2. The van der Waals surface area contributed by atoms with Crippen LogP contribution in [0.4, 0.5) is 0 Å². The largest absolute Gasteiger partial charge is 0.486 e. The van der Waals surface area contributed by atoms with Gasteiger partial charge in [0, 0.05) is 23.7 Å². The van der Waals surface area contributed by atoms with Crippen LogP contribution < -0.4 is 10.1 Å². The van der Waals surface area contributed by atoms with E-state index in [2.05, 4.69) is 22.4 Å². The van der Waals surface area contributed by atoms with Gasteiger partial charge in [-0.3, -0.25) is 9.78 Å². The number of ether oxygens (including phenoxy) is 1. The number of nitrogens with one attached hydrogen (secondary N) is 1. The lowest BCUT2D eigenvalue weighted by molar-refractivity contribution is 0.0951. The monoisotopic (exact) mass is 382 g/mol. The molecule has 144 valence electrons. The molecule has 0 radical (unpaired) electrons. The number of carbonyl (C=O) groups excluding carboxylic acids is 1. The first kappa shape index (κ1) is 18.7. The van der Waals surface area contributed by atoms with Crippen LogP contribution >= 0.6 is 0 Å². The van der Waals surface area contributed by atoms with Crippen molar-refractivity contribution < 1.29 is 9.53 Å². The predicted molar refractivity (Wildman–Crippen MR) is 115 cm³/mol. The molecule has 1 N–H and O–H groups in total. The van der Waals surface area contributed by atoms with Crippen molar-refractivity contribution in [2.45, 2.75) is 19.6 Å². The van der Waals surface area contributed by atoms with Gasteiger partial charge in [-0.15, -0.1) is 0 Å². The van der Waals surface area contributed by atoms with E-state index in [1.54, 1.807) is 12.3 Å². The van der Waals surface area contributed by atoms with E-state index in [0.717, 1.165) is 27.8 Å². The van der Waals surface area contributed by atoms with Crippen molar-refractivity contribution in [1.29, 1.82) is 0 Å². The third-order valence-electron chi connectivity index (χ3n) is 4.82. The molecule has 0 bridgehead atoms. The van der Waals surface area contributed by atoms with Gasteiger partial charge in [0.2, 0.25) is 0 Å². The molecular weight excluding hydrogens is 360 g/mol. The van der Waals surface area contributed by atoms with Crippen molar-refractivity contribution in [3.63, 3.8) is 0 Å². The Bertz CT molecular complexity index is 1110. The van der Waals surface area contributed by atoms with E-state index in [4.69, 9.17) is 4.74 Å². The highest BCUT2D eigenvalue weighted by molar-refractivity contribution is 5.97. The van der Waals surface area contributed by atoms with Crippen molar-refractivity contribution in [2.24, 2.45) is 0 Å². The highest BCUT2D eigenvalue weighted by Gasteiger charge is 2.08. The number of aromatic nitrogens is 1. The highest BCUT2D eigenvalue weighted by Crippen LogP contribution is 2.22. The molecule has 0 aliphatic rings. The summed E-state index contributed by atoms with van der Waals surface area (Å²) in [6.45, 7) is 2.49. The van der Waals surface area contributed by atoms with Crippen LogP contribution in [0.3, 0.4) is 0 Å². The molecule has 0 unspecified atom stereocenters. The molecule has 1 atom stereocenters. The fraction of sp³-hybridized carbons (Fsp3) is 0.120. The van der Waals surface area contributed by atoms with Crippen LogP contribution in [-0.2, 0) is 6.54 Å². The third-order valence-corrected chi connectivity index (χ3v) is 4.82. The molecule has 0 spiro atoms. The zero-order chi connectivity index (χ0) is 20.1. The highest BCUT2D eigenvalue weighted by atomic mass is 16.5. The van der Waals surface area contributed by atoms with Crippen LogP contribution in [-0.4, -0.2) is 10.9 Å². The van der Waals surface area contributed by atoms with Gasteiger partial charge in [-0.25, -0.2) is 0 Å². The average molecular weight is 382 g/mol. The van der Waals surface area contributed by atoms with Crippen molar-refractivity contribution in [3.05, 3.63) is 108 Å². The van der Waals surface area contributed by atoms with Gasteiger partial charge in [0.15, 0.2) is 0 Å². The summed E-state index contributed by atoms with van der Waals surface area (Å²) < 4.78 is 6.00. The summed E-state index contributed by atoms with van der Waals surface area (Å²) in [4.78, 5) is 16.8. The number of carbonyl (C=O) groups is 1. The minimum Gasteiger partial charge on any atom is -0.486 e. The number of amides is 1. The lowest BCUT2D eigenvalue weighted by atomic mass is 10.1. The molecule has 0 aliphatic heterocycles. The molecule has 0 saturated heterocycles. The molecule has 1 amide bonds. The summed E-state index contributed by atoms with van der Waals surface area (Å²) in [7, 11) is 0. The molecular formula is C25H22N2O2. The van der Waals surface area contributed by atoms with E-state index in [9.17, 15) is 4.79 Å². The summed E-state index contributed by atoms with van der Waals surface area (Å²) >= 11 is 0. The Hall–Kier alpha value is -3.66. The molecule has 4 aromatic rings. The maximum absolute atomic E-state index is 12.5. The van der Waals surface area contributed by atoms with Crippen LogP contribution in [0, 0.1) is 0 Å². The molecule has 0 saturated carbocycles. The standard InChI is InChI=1S/C25H22N2O2/c1-18(20-6-3-2-4-7-20)29-23-12-9-19(10-13-23)17-27-25(28)22-11-14-24-21(16-22)8-5-15-26-24/h2-16,18H,17H2,1H3,(H,27,28)/t18-/m1/s1. The predicted octanol–water partition coefficient (Wildman–Crippen LogP) is 5.30. The van der Waals surface area contributed by atoms with E-state index in [1.807, 2.05) is 73.7 Å². The van der Waals surface area contributed by atoms with Crippen LogP contribution in [0.15, 0.2) is 91.1 Å². The number of benzene rings is 3. The van der Waals surface area contributed by atoms with E-state index in [-0.39, 0.29) is 12.0 Å². The number of hydrogen-bond donors (Lipinski definition) is 1. The first-order chi connectivity index (χ1) is 14.2. The van der Waals surface area contributed by atoms with Crippen LogP contribution in [0.2, 0.25) is 0 Å². The Balaban J connectivity index is 1.35. The summed E-state index contributed by atoms with van der Waals surface area (Å²) in [5.41, 5.74) is 3.65. The Morgan fingerprint density at radius 1 is 0.966 bits per heavy atom. The van der Waals surface area contributed by atoms with Gasteiger partial charge < -0.3 is 10.1 Å². The smallest absolute Gasteiger partial charge is 0.251 e. The lowest BCUT2D eigenvalue weighted by Gasteiger charge is -2.15. The first-order valence-corrected chi connectivity index (χ1v) is 9.62. The van der Waals surface area contributed by atoms with E-state index in [0.29, 0.717) is 12.1 Å². The minimum atomic E-state index is -0.103. The number of nitrogens with zero attached hydrogens (tertiary/aromatic N) is 1. The zero-order valence-corrected chi connectivity index (χ0v) is 16.2. The normalized spacial score (nSPS) is 11.8. The maximum Gasteiger partial charge on any atom is 0.251 e. The molecule has 1 aromatic heterocycles. The number of pyridine rings is 1. The second-order valence-electron chi connectivity index (χ2n) is 6.91. The fourth-order valence-electron chi connectivity index (χ4n) is 3.18. The average Bonchev–Trinajstić information content (AvgIpc) is 2.78.